The quantitative estimate of drug-likeness (QED) is 0.850. The lowest BCUT2D eigenvalue weighted by Gasteiger charge is -2.16. The van der Waals surface area contributed by atoms with Gasteiger partial charge in [-0.15, -0.1) is 0 Å². The second kappa shape index (κ2) is 3.94. The molecule has 0 spiro atoms. The average Bonchev–Trinajstić information content (AvgIpc) is 3.09. The van der Waals surface area contributed by atoms with Crippen molar-refractivity contribution < 1.29 is 13.9 Å². The molecule has 1 aliphatic rings. The average molecular weight is 225 g/mol. The number of rotatable bonds is 4. The van der Waals surface area contributed by atoms with Crippen molar-refractivity contribution in [3.8, 4) is 11.5 Å². The maximum Gasteiger partial charge on any atom is 0.163 e. The molecule has 0 amide bonds. The molecule has 0 atom stereocenters. The van der Waals surface area contributed by atoms with Crippen molar-refractivity contribution in [3.63, 3.8) is 0 Å². The van der Waals surface area contributed by atoms with Crippen LogP contribution in [0.5, 0.6) is 11.5 Å². The summed E-state index contributed by atoms with van der Waals surface area (Å²) >= 11 is 0. The zero-order chi connectivity index (χ0) is 11.8. The van der Waals surface area contributed by atoms with Gasteiger partial charge in [0.25, 0.3) is 0 Å². The van der Waals surface area contributed by atoms with Crippen LogP contribution in [0.15, 0.2) is 12.1 Å². The normalized spacial score (nSPS) is 17.0. The summed E-state index contributed by atoms with van der Waals surface area (Å²) in [5, 5.41) is 0. The maximum absolute atomic E-state index is 13.9. The van der Waals surface area contributed by atoms with Crippen molar-refractivity contribution in [3.05, 3.63) is 23.5 Å². The number of methoxy groups -OCH3 is 2. The maximum atomic E-state index is 13.9. The van der Waals surface area contributed by atoms with E-state index in [0.29, 0.717) is 23.6 Å². The Morgan fingerprint density at radius 3 is 2.25 bits per heavy atom. The van der Waals surface area contributed by atoms with Crippen LogP contribution < -0.4 is 15.2 Å². The minimum atomic E-state index is -0.263. The van der Waals surface area contributed by atoms with Gasteiger partial charge in [0.1, 0.15) is 5.82 Å². The minimum Gasteiger partial charge on any atom is -0.493 e. The van der Waals surface area contributed by atoms with E-state index < -0.39 is 0 Å². The van der Waals surface area contributed by atoms with Gasteiger partial charge in [-0.25, -0.2) is 4.39 Å². The molecule has 1 aromatic rings. The lowest BCUT2D eigenvalue weighted by atomic mass is 9.95. The molecule has 0 saturated heterocycles. The molecule has 0 radical (unpaired) electrons. The molecule has 0 aliphatic heterocycles. The first kappa shape index (κ1) is 11.2. The van der Waals surface area contributed by atoms with Crippen LogP contribution >= 0.6 is 0 Å². The molecule has 1 aromatic carbocycles. The Balaban J connectivity index is 2.47. The molecule has 2 N–H and O–H groups in total. The number of ether oxygens (including phenoxy) is 2. The second-order valence-corrected chi connectivity index (χ2v) is 4.17. The van der Waals surface area contributed by atoms with Crippen LogP contribution in [0.25, 0.3) is 0 Å². The first-order valence-corrected chi connectivity index (χ1v) is 5.29. The molecular formula is C12H16FNO2. The Labute approximate surface area is 94.3 Å². The van der Waals surface area contributed by atoms with Gasteiger partial charge in [0, 0.05) is 18.0 Å². The summed E-state index contributed by atoms with van der Waals surface area (Å²) in [6.45, 7) is 0.472. The van der Waals surface area contributed by atoms with E-state index in [1.165, 1.54) is 13.2 Å². The zero-order valence-corrected chi connectivity index (χ0v) is 9.55. The largest absolute Gasteiger partial charge is 0.493 e. The van der Waals surface area contributed by atoms with Gasteiger partial charge in [-0.3, -0.25) is 0 Å². The summed E-state index contributed by atoms with van der Waals surface area (Å²) in [5.74, 6) is 0.704. The topological polar surface area (TPSA) is 44.5 Å². The van der Waals surface area contributed by atoms with Crippen molar-refractivity contribution in [1.29, 1.82) is 0 Å². The van der Waals surface area contributed by atoms with E-state index in [0.717, 1.165) is 12.8 Å². The summed E-state index contributed by atoms with van der Waals surface area (Å²) in [6, 6.07) is 3.07. The standard InChI is InChI=1S/C12H16FNO2/c1-15-10-5-8(12(7-14)3-4-12)9(13)6-11(10)16-2/h5-6H,3-4,7,14H2,1-2H3. The molecule has 0 bridgehead atoms. The Bertz CT molecular complexity index is 402. The summed E-state index contributed by atoms with van der Waals surface area (Å²) in [7, 11) is 3.04. The SMILES string of the molecule is COc1cc(F)c(C2(CN)CC2)cc1OC. The van der Waals surface area contributed by atoms with Crippen LogP contribution in [-0.4, -0.2) is 20.8 Å². The monoisotopic (exact) mass is 225 g/mol. The van der Waals surface area contributed by atoms with Crippen LogP contribution in [0.2, 0.25) is 0 Å². The van der Waals surface area contributed by atoms with Crippen LogP contribution in [-0.2, 0) is 5.41 Å². The van der Waals surface area contributed by atoms with E-state index in [2.05, 4.69) is 0 Å². The fourth-order valence-corrected chi connectivity index (χ4v) is 1.99. The Kier molecular flexibility index (Phi) is 2.76. The number of hydrogen-bond donors (Lipinski definition) is 1. The number of benzene rings is 1. The van der Waals surface area contributed by atoms with Crippen molar-refractivity contribution in [2.45, 2.75) is 18.3 Å². The highest BCUT2D eigenvalue weighted by atomic mass is 19.1. The highest BCUT2D eigenvalue weighted by molar-refractivity contribution is 5.47. The Morgan fingerprint density at radius 2 is 1.81 bits per heavy atom. The van der Waals surface area contributed by atoms with E-state index in [4.69, 9.17) is 15.2 Å². The first-order valence-electron chi connectivity index (χ1n) is 5.29. The summed E-state index contributed by atoms with van der Waals surface area (Å²) in [5.41, 5.74) is 6.16. The lowest BCUT2D eigenvalue weighted by Crippen LogP contribution is -2.21. The molecule has 1 saturated carbocycles. The summed E-state index contributed by atoms with van der Waals surface area (Å²) < 4.78 is 24.1. The van der Waals surface area contributed by atoms with Crippen LogP contribution in [0.4, 0.5) is 4.39 Å². The molecule has 3 nitrogen and oxygen atoms in total. The molecule has 16 heavy (non-hydrogen) atoms. The number of halogens is 1. The van der Waals surface area contributed by atoms with Crippen LogP contribution in [0, 0.1) is 5.82 Å². The van der Waals surface area contributed by atoms with E-state index in [-0.39, 0.29) is 11.2 Å². The van der Waals surface area contributed by atoms with Gasteiger partial charge in [0.2, 0.25) is 0 Å². The summed E-state index contributed by atoms with van der Waals surface area (Å²) in [4.78, 5) is 0. The number of hydrogen-bond acceptors (Lipinski definition) is 3. The molecule has 1 fully saturated rings. The van der Waals surface area contributed by atoms with Gasteiger partial charge in [-0.1, -0.05) is 0 Å². The predicted octanol–water partition coefficient (Wildman–Crippen LogP) is 1.83. The Hall–Kier alpha value is -1.29. The molecule has 4 heteroatoms. The van der Waals surface area contributed by atoms with Crippen LogP contribution in [0.1, 0.15) is 18.4 Å². The first-order chi connectivity index (χ1) is 7.66. The van der Waals surface area contributed by atoms with Crippen molar-refractivity contribution >= 4 is 0 Å². The molecule has 88 valence electrons. The number of nitrogens with two attached hydrogens (primary N) is 1. The van der Waals surface area contributed by atoms with Gasteiger partial charge in [0.15, 0.2) is 11.5 Å². The fraction of sp³-hybridized carbons (Fsp3) is 0.500. The molecule has 0 heterocycles. The third-order valence-electron chi connectivity index (χ3n) is 3.29. The molecule has 2 rings (SSSR count). The van der Waals surface area contributed by atoms with E-state index in [1.54, 1.807) is 13.2 Å². The van der Waals surface area contributed by atoms with E-state index in [1.807, 2.05) is 0 Å². The predicted molar refractivity (Wildman–Crippen MR) is 59.5 cm³/mol. The van der Waals surface area contributed by atoms with E-state index >= 15 is 0 Å². The molecular weight excluding hydrogens is 209 g/mol. The molecule has 0 unspecified atom stereocenters. The fourth-order valence-electron chi connectivity index (χ4n) is 1.99. The summed E-state index contributed by atoms with van der Waals surface area (Å²) in [6.07, 6.45) is 1.88. The van der Waals surface area contributed by atoms with E-state index in [9.17, 15) is 4.39 Å². The smallest absolute Gasteiger partial charge is 0.163 e. The van der Waals surface area contributed by atoms with Crippen LogP contribution in [0.3, 0.4) is 0 Å². The third kappa shape index (κ3) is 1.63. The van der Waals surface area contributed by atoms with Gasteiger partial charge in [-0.05, 0) is 24.5 Å². The highest BCUT2D eigenvalue weighted by Crippen LogP contribution is 2.50. The van der Waals surface area contributed by atoms with Gasteiger partial charge in [-0.2, -0.15) is 0 Å². The van der Waals surface area contributed by atoms with Crippen molar-refractivity contribution in [2.75, 3.05) is 20.8 Å². The highest BCUT2D eigenvalue weighted by Gasteiger charge is 2.45. The minimum absolute atomic E-state index is 0.177. The molecule has 0 aromatic heterocycles. The Morgan fingerprint density at radius 1 is 1.25 bits per heavy atom. The second-order valence-electron chi connectivity index (χ2n) is 4.17. The van der Waals surface area contributed by atoms with Crippen molar-refractivity contribution in [1.82, 2.24) is 0 Å². The van der Waals surface area contributed by atoms with Gasteiger partial charge >= 0.3 is 0 Å². The van der Waals surface area contributed by atoms with Gasteiger partial charge in [0.05, 0.1) is 14.2 Å². The van der Waals surface area contributed by atoms with Gasteiger partial charge < -0.3 is 15.2 Å². The third-order valence-corrected chi connectivity index (χ3v) is 3.29. The zero-order valence-electron chi connectivity index (χ0n) is 9.55. The lowest BCUT2D eigenvalue weighted by molar-refractivity contribution is 0.350. The van der Waals surface area contributed by atoms with Crippen molar-refractivity contribution in [2.24, 2.45) is 5.73 Å². The molecule has 1 aliphatic carbocycles.